The molecule has 0 spiro atoms. The topological polar surface area (TPSA) is 47.6 Å². The standard InChI is InChI=1S/C9H10N2/c10-4-8-2-6-1-7(8)3-9(6)5-11/h6-9H,1-3H2. The molecule has 0 aromatic carbocycles. The Morgan fingerprint density at radius 2 is 1.27 bits per heavy atom. The van der Waals surface area contributed by atoms with Crippen molar-refractivity contribution in [2.45, 2.75) is 19.3 Å². The van der Waals surface area contributed by atoms with Crippen molar-refractivity contribution in [3.8, 4) is 12.1 Å². The van der Waals surface area contributed by atoms with Crippen LogP contribution in [0.2, 0.25) is 0 Å². The minimum atomic E-state index is 0.268. The van der Waals surface area contributed by atoms with Crippen LogP contribution in [0.3, 0.4) is 0 Å². The third-order valence-corrected chi connectivity index (χ3v) is 3.19. The molecule has 0 aromatic rings. The van der Waals surface area contributed by atoms with Gasteiger partial charge in [0, 0.05) is 11.8 Å². The Hall–Kier alpha value is -1.02. The first-order valence-corrected chi connectivity index (χ1v) is 4.14. The van der Waals surface area contributed by atoms with Gasteiger partial charge in [0.1, 0.15) is 0 Å². The van der Waals surface area contributed by atoms with Gasteiger partial charge in [-0.3, -0.25) is 0 Å². The third kappa shape index (κ3) is 0.828. The third-order valence-electron chi connectivity index (χ3n) is 3.19. The Labute approximate surface area is 66.4 Å². The summed E-state index contributed by atoms with van der Waals surface area (Å²) < 4.78 is 0. The van der Waals surface area contributed by atoms with E-state index in [9.17, 15) is 0 Å². The molecule has 2 nitrogen and oxygen atoms in total. The highest BCUT2D eigenvalue weighted by atomic mass is 14.5. The predicted octanol–water partition coefficient (Wildman–Crippen LogP) is 1.70. The maximum absolute atomic E-state index is 8.71. The van der Waals surface area contributed by atoms with Crippen molar-refractivity contribution in [2.24, 2.45) is 23.7 Å². The molecule has 0 aliphatic heterocycles. The number of rotatable bonds is 0. The molecule has 0 N–H and O–H groups in total. The minimum Gasteiger partial charge on any atom is -0.198 e. The van der Waals surface area contributed by atoms with Gasteiger partial charge >= 0.3 is 0 Å². The van der Waals surface area contributed by atoms with Crippen LogP contribution in [0.1, 0.15) is 19.3 Å². The minimum absolute atomic E-state index is 0.268. The van der Waals surface area contributed by atoms with E-state index in [1.165, 1.54) is 0 Å². The summed E-state index contributed by atoms with van der Waals surface area (Å²) >= 11 is 0. The summed E-state index contributed by atoms with van der Waals surface area (Å²) in [5, 5.41) is 17.4. The number of hydrogen-bond acceptors (Lipinski definition) is 2. The molecule has 0 radical (unpaired) electrons. The van der Waals surface area contributed by atoms with Crippen LogP contribution in [0.15, 0.2) is 0 Å². The van der Waals surface area contributed by atoms with Crippen LogP contribution in [0.5, 0.6) is 0 Å². The van der Waals surface area contributed by atoms with Crippen molar-refractivity contribution in [1.82, 2.24) is 0 Å². The molecule has 0 heterocycles. The first-order valence-electron chi connectivity index (χ1n) is 4.14. The van der Waals surface area contributed by atoms with E-state index in [2.05, 4.69) is 12.1 Å². The molecule has 56 valence electrons. The first-order chi connectivity index (χ1) is 5.35. The molecule has 2 bridgehead atoms. The Balaban J connectivity index is 2.11. The molecule has 2 rings (SSSR count). The van der Waals surface area contributed by atoms with Crippen molar-refractivity contribution in [1.29, 1.82) is 10.5 Å². The van der Waals surface area contributed by atoms with Crippen LogP contribution in [0.4, 0.5) is 0 Å². The highest BCUT2D eigenvalue weighted by Gasteiger charge is 2.45. The molecule has 2 fully saturated rings. The van der Waals surface area contributed by atoms with Crippen LogP contribution in [0, 0.1) is 46.3 Å². The largest absolute Gasteiger partial charge is 0.198 e. The van der Waals surface area contributed by atoms with Crippen LogP contribution >= 0.6 is 0 Å². The van der Waals surface area contributed by atoms with Gasteiger partial charge in [0.05, 0.1) is 12.1 Å². The molecule has 2 aliphatic carbocycles. The van der Waals surface area contributed by atoms with E-state index in [1.54, 1.807) is 0 Å². The molecule has 11 heavy (non-hydrogen) atoms. The molecular formula is C9H10N2. The lowest BCUT2D eigenvalue weighted by atomic mass is 9.84. The van der Waals surface area contributed by atoms with Crippen LogP contribution in [0.25, 0.3) is 0 Å². The van der Waals surface area contributed by atoms with Crippen molar-refractivity contribution < 1.29 is 0 Å². The zero-order valence-electron chi connectivity index (χ0n) is 6.33. The molecule has 4 unspecified atom stereocenters. The molecule has 2 aliphatic rings. The summed E-state index contributed by atoms with van der Waals surface area (Å²) in [6, 6.07) is 4.66. The van der Waals surface area contributed by atoms with E-state index in [4.69, 9.17) is 10.5 Å². The van der Waals surface area contributed by atoms with Gasteiger partial charge < -0.3 is 0 Å². The second-order valence-corrected chi connectivity index (χ2v) is 3.70. The molecule has 0 aromatic heterocycles. The predicted molar refractivity (Wildman–Crippen MR) is 39.0 cm³/mol. The SMILES string of the molecule is N#CC1CC2CC1CC2C#N. The smallest absolute Gasteiger partial charge is 0.0658 e. The maximum Gasteiger partial charge on any atom is 0.0658 e. The second kappa shape index (κ2) is 2.24. The molecule has 2 heteroatoms. The molecule has 0 saturated heterocycles. The van der Waals surface area contributed by atoms with Crippen LogP contribution in [-0.2, 0) is 0 Å². The van der Waals surface area contributed by atoms with Gasteiger partial charge in [-0.1, -0.05) is 0 Å². The number of nitrogens with zero attached hydrogens (tertiary/aromatic N) is 2. The quantitative estimate of drug-likeness (QED) is 0.522. The lowest BCUT2D eigenvalue weighted by Crippen LogP contribution is -2.14. The van der Waals surface area contributed by atoms with Crippen molar-refractivity contribution in [3.05, 3.63) is 0 Å². The zero-order chi connectivity index (χ0) is 7.84. The van der Waals surface area contributed by atoms with Crippen LogP contribution < -0.4 is 0 Å². The monoisotopic (exact) mass is 146 g/mol. The van der Waals surface area contributed by atoms with Crippen molar-refractivity contribution >= 4 is 0 Å². The Morgan fingerprint density at radius 3 is 1.55 bits per heavy atom. The molecule has 2 saturated carbocycles. The zero-order valence-corrected chi connectivity index (χ0v) is 6.33. The normalized spacial score (nSPS) is 46.7. The Morgan fingerprint density at radius 1 is 0.818 bits per heavy atom. The lowest BCUT2D eigenvalue weighted by molar-refractivity contribution is 0.347. The fourth-order valence-corrected chi connectivity index (χ4v) is 2.59. The van der Waals surface area contributed by atoms with E-state index in [1.807, 2.05) is 0 Å². The number of fused-ring (bicyclic) bond motifs is 2. The summed E-state index contributed by atoms with van der Waals surface area (Å²) in [6.45, 7) is 0. The van der Waals surface area contributed by atoms with Gasteiger partial charge in [-0.15, -0.1) is 0 Å². The van der Waals surface area contributed by atoms with Gasteiger partial charge in [0.25, 0.3) is 0 Å². The average molecular weight is 146 g/mol. The fraction of sp³-hybridized carbons (Fsp3) is 0.778. The van der Waals surface area contributed by atoms with Gasteiger partial charge in [-0.2, -0.15) is 10.5 Å². The van der Waals surface area contributed by atoms with Gasteiger partial charge in [0.15, 0.2) is 0 Å². The summed E-state index contributed by atoms with van der Waals surface area (Å²) in [7, 11) is 0. The molecule has 4 atom stereocenters. The average Bonchev–Trinajstić information content (AvgIpc) is 2.60. The van der Waals surface area contributed by atoms with E-state index in [0.29, 0.717) is 11.8 Å². The van der Waals surface area contributed by atoms with Gasteiger partial charge in [-0.25, -0.2) is 0 Å². The molecule has 0 amide bonds. The van der Waals surface area contributed by atoms with Crippen molar-refractivity contribution in [2.75, 3.05) is 0 Å². The van der Waals surface area contributed by atoms with Gasteiger partial charge in [0.2, 0.25) is 0 Å². The fourth-order valence-electron chi connectivity index (χ4n) is 2.59. The molecular weight excluding hydrogens is 136 g/mol. The lowest BCUT2D eigenvalue weighted by Gasteiger charge is -2.17. The van der Waals surface area contributed by atoms with E-state index in [-0.39, 0.29) is 11.8 Å². The summed E-state index contributed by atoms with van der Waals surface area (Å²) in [5.41, 5.74) is 0. The second-order valence-electron chi connectivity index (χ2n) is 3.70. The maximum atomic E-state index is 8.71. The van der Waals surface area contributed by atoms with Crippen molar-refractivity contribution in [3.63, 3.8) is 0 Å². The van der Waals surface area contributed by atoms with Gasteiger partial charge in [-0.05, 0) is 31.1 Å². The van der Waals surface area contributed by atoms with Crippen LogP contribution in [-0.4, -0.2) is 0 Å². The van der Waals surface area contributed by atoms with E-state index < -0.39 is 0 Å². The highest BCUT2D eigenvalue weighted by molar-refractivity contribution is 5.07. The Kier molecular flexibility index (Phi) is 1.36. The van der Waals surface area contributed by atoms with E-state index in [0.717, 1.165) is 19.3 Å². The number of hydrogen-bond donors (Lipinski definition) is 0. The first kappa shape index (κ1) is 6.68. The Bertz CT molecular complexity index is 219. The number of nitriles is 2. The highest BCUT2D eigenvalue weighted by Crippen LogP contribution is 2.51. The summed E-state index contributed by atoms with van der Waals surface area (Å²) in [6.07, 6.45) is 3.11. The summed E-state index contributed by atoms with van der Waals surface area (Å²) in [5.74, 6) is 1.64. The summed E-state index contributed by atoms with van der Waals surface area (Å²) in [4.78, 5) is 0. The van der Waals surface area contributed by atoms with E-state index >= 15 is 0 Å².